The number of nitrogen functional groups attached to an aromatic ring is 1. The summed E-state index contributed by atoms with van der Waals surface area (Å²) in [5, 5.41) is 0. The molecule has 1 aromatic carbocycles. The van der Waals surface area contributed by atoms with Crippen molar-refractivity contribution in [3.63, 3.8) is 0 Å². The molecule has 0 radical (unpaired) electrons. The largest absolute Gasteiger partial charge is 0.398 e. The van der Waals surface area contributed by atoms with Gasteiger partial charge in [0.25, 0.3) is 0 Å². The number of anilines is 1. The van der Waals surface area contributed by atoms with Gasteiger partial charge < -0.3 is 5.73 Å². The van der Waals surface area contributed by atoms with E-state index in [9.17, 15) is 0 Å². The molecule has 0 saturated heterocycles. The fraction of sp³-hybridized carbons (Fsp3) is 0.267. The van der Waals surface area contributed by atoms with E-state index in [4.69, 9.17) is 5.73 Å². The highest BCUT2D eigenvalue weighted by Gasteiger charge is 2.17. The first kappa shape index (κ1) is 11.2. The maximum absolute atomic E-state index is 6.06. The van der Waals surface area contributed by atoms with E-state index in [1.54, 1.807) is 0 Å². The zero-order chi connectivity index (χ0) is 12.4. The Bertz CT molecular complexity index is 537. The summed E-state index contributed by atoms with van der Waals surface area (Å²) in [7, 11) is 0. The Morgan fingerprint density at radius 1 is 1.17 bits per heavy atom. The van der Waals surface area contributed by atoms with Gasteiger partial charge in [-0.1, -0.05) is 12.1 Å². The van der Waals surface area contributed by atoms with Gasteiger partial charge in [-0.05, 0) is 41.3 Å². The third kappa shape index (κ3) is 2.22. The summed E-state index contributed by atoms with van der Waals surface area (Å²) >= 11 is 0. The van der Waals surface area contributed by atoms with Gasteiger partial charge in [0.1, 0.15) is 0 Å². The Balaban J connectivity index is 1.77. The van der Waals surface area contributed by atoms with Crippen molar-refractivity contribution in [1.82, 2.24) is 9.88 Å². The van der Waals surface area contributed by atoms with Gasteiger partial charge in [0, 0.05) is 37.7 Å². The topological polar surface area (TPSA) is 42.1 Å². The van der Waals surface area contributed by atoms with Crippen molar-refractivity contribution in [2.75, 3.05) is 12.3 Å². The van der Waals surface area contributed by atoms with Gasteiger partial charge in [0.2, 0.25) is 0 Å². The average Bonchev–Trinajstić information content (AvgIpc) is 2.41. The van der Waals surface area contributed by atoms with Gasteiger partial charge in [-0.3, -0.25) is 9.88 Å². The van der Waals surface area contributed by atoms with E-state index in [1.165, 1.54) is 16.7 Å². The van der Waals surface area contributed by atoms with Crippen LogP contribution in [-0.4, -0.2) is 16.4 Å². The van der Waals surface area contributed by atoms with Gasteiger partial charge >= 0.3 is 0 Å². The lowest BCUT2D eigenvalue weighted by atomic mass is 9.98. The summed E-state index contributed by atoms with van der Waals surface area (Å²) < 4.78 is 0. The molecule has 92 valence electrons. The van der Waals surface area contributed by atoms with Crippen molar-refractivity contribution in [3.05, 3.63) is 59.4 Å². The molecule has 0 amide bonds. The van der Waals surface area contributed by atoms with Gasteiger partial charge in [0.05, 0.1) is 0 Å². The summed E-state index contributed by atoms with van der Waals surface area (Å²) in [6, 6.07) is 10.4. The molecule has 3 rings (SSSR count). The Morgan fingerprint density at radius 2 is 2.00 bits per heavy atom. The summed E-state index contributed by atoms with van der Waals surface area (Å²) in [6.07, 6.45) is 4.79. The Hall–Kier alpha value is -1.87. The molecule has 2 heterocycles. The van der Waals surface area contributed by atoms with E-state index in [0.29, 0.717) is 0 Å². The Kier molecular flexibility index (Phi) is 2.99. The fourth-order valence-corrected chi connectivity index (χ4v) is 2.54. The van der Waals surface area contributed by atoms with E-state index in [0.717, 1.165) is 31.7 Å². The van der Waals surface area contributed by atoms with Crippen LogP contribution in [-0.2, 0) is 19.5 Å². The van der Waals surface area contributed by atoms with E-state index >= 15 is 0 Å². The summed E-state index contributed by atoms with van der Waals surface area (Å²) in [6.45, 7) is 3.01. The van der Waals surface area contributed by atoms with Crippen molar-refractivity contribution in [1.29, 1.82) is 0 Å². The molecule has 3 nitrogen and oxygen atoms in total. The second kappa shape index (κ2) is 4.78. The molecule has 3 heteroatoms. The first-order valence-electron chi connectivity index (χ1n) is 6.30. The van der Waals surface area contributed by atoms with Gasteiger partial charge in [-0.2, -0.15) is 0 Å². The van der Waals surface area contributed by atoms with Crippen LogP contribution in [0.25, 0.3) is 0 Å². The molecule has 0 bridgehead atoms. The van der Waals surface area contributed by atoms with Crippen molar-refractivity contribution in [2.45, 2.75) is 19.5 Å². The summed E-state index contributed by atoms with van der Waals surface area (Å²) in [5.41, 5.74) is 11.0. The lowest BCUT2D eigenvalue weighted by Gasteiger charge is -2.29. The zero-order valence-electron chi connectivity index (χ0n) is 10.3. The number of nitrogens with two attached hydrogens (primary N) is 1. The van der Waals surface area contributed by atoms with Crippen LogP contribution >= 0.6 is 0 Å². The molecule has 2 aromatic rings. The maximum atomic E-state index is 6.06. The first-order chi connectivity index (χ1) is 8.83. The molecular formula is C15H17N3. The van der Waals surface area contributed by atoms with Crippen LogP contribution < -0.4 is 5.73 Å². The number of benzene rings is 1. The molecule has 18 heavy (non-hydrogen) atoms. The predicted molar refractivity (Wildman–Crippen MR) is 72.9 cm³/mol. The van der Waals surface area contributed by atoms with Crippen LogP contribution in [0.15, 0.2) is 42.7 Å². The monoisotopic (exact) mass is 239 g/mol. The molecule has 1 aliphatic rings. The number of nitrogens with zero attached hydrogens (tertiary/aromatic N) is 2. The molecule has 0 aliphatic carbocycles. The second-order valence-electron chi connectivity index (χ2n) is 4.80. The van der Waals surface area contributed by atoms with Crippen LogP contribution in [0, 0.1) is 0 Å². The van der Waals surface area contributed by atoms with Crippen LogP contribution in [0.1, 0.15) is 16.7 Å². The van der Waals surface area contributed by atoms with Crippen molar-refractivity contribution >= 4 is 5.69 Å². The molecule has 0 atom stereocenters. The minimum absolute atomic E-state index is 0.923. The van der Waals surface area contributed by atoms with Crippen LogP contribution in [0.2, 0.25) is 0 Å². The highest BCUT2D eigenvalue weighted by Crippen LogP contribution is 2.25. The predicted octanol–water partition coefficient (Wildman–Crippen LogP) is 2.22. The minimum Gasteiger partial charge on any atom is -0.398 e. The molecule has 0 fully saturated rings. The van der Waals surface area contributed by atoms with Crippen LogP contribution in [0.4, 0.5) is 5.69 Å². The van der Waals surface area contributed by atoms with E-state index in [1.807, 2.05) is 24.5 Å². The van der Waals surface area contributed by atoms with Gasteiger partial charge in [0.15, 0.2) is 0 Å². The molecule has 1 aromatic heterocycles. The smallest absolute Gasteiger partial charge is 0.0362 e. The van der Waals surface area contributed by atoms with Crippen molar-refractivity contribution in [2.24, 2.45) is 0 Å². The van der Waals surface area contributed by atoms with Crippen molar-refractivity contribution < 1.29 is 0 Å². The van der Waals surface area contributed by atoms with Crippen LogP contribution in [0.5, 0.6) is 0 Å². The quantitative estimate of drug-likeness (QED) is 0.817. The van der Waals surface area contributed by atoms with E-state index in [2.05, 4.69) is 28.1 Å². The Labute approximate surface area is 107 Å². The molecule has 2 N–H and O–H groups in total. The fourth-order valence-electron chi connectivity index (χ4n) is 2.54. The highest BCUT2D eigenvalue weighted by atomic mass is 15.1. The number of hydrogen-bond donors (Lipinski definition) is 1. The van der Waals surface area contributed by atoms with Gasteiger partial charge in [-0.25, -0.2) is 0 Å². The SMILES string of the molecule is Nc1cccc2c1CN(Cc1ccncc1)CC2. The molecular weight excluding hydrogens is 222 g/mol. The standard InChI is InChI=1S/C15H17N3/c16-15-3-1-2-13-6-9-18(11-14(13)15)10-12-4-7-17-8-5-12/h1-5,7-8H,6,9-11,16H2. The van der Waals surface area contributed by atoms with E-state index in [-0.39, 0.29) is 0 Å². The normalized spacial score (nSPS) is 15.3. The molecule has 1 aliphatic heterocycles. The number of hydrogen-bond acceptors (Lipinski definition) is 3. The second-order valence-corrected chi connectivity index (χ2v) is 4.80. The number of rotatable bonds is 2. The maximum Gasteiger partial charge on any atom is 0.0362 e. The average molecular weight is 239 g/mol. The lowest BCUT2D eigenvalue weighted by molar-refractivity contribution is 0.246. The van der Waals surface area contributed by atoms with Gasteiger partial charge in [-0.15, -0.1) is 0 Å². The Morgan fingerprint density at radius 3 is 2.83 bits per heavy atom. The van der Waals surface area contributed by atoms with Crippen LogP contribution in [0.3, 0.4) is 0 Å². The van der Waals surface area contributed by atoms with E-state index < -0.39 is 0 Å². The third-order valence-electron chi connectivity index (χ3n) is 3.54. The number of aromatic nitrogens is 1. The number of pyridine rings is 1. The third-order valence-corrected chi connectivity index (χ3v) is 3.54. The summed E-state index contributed by atoms with van der Waals surface area (Å²) in [4.78, 5) is 6.49. The lowest BCUT2D eigenvalue weighted by Crippen LogP contribution is -2.30. The highest BCUT2D eigenvalue weighted by molar-refractivity contribution is 5.51. The first-order valence-corrected chi connectivity index (χ1v) is 6.30. The molecule has 0 unspecified atom stereocenters. The van der Waals surface area contributed by atoms with Crippen molar-refractivity contribution in [3.8, 4) is 0 Å². The zero-order valence-corrected chi connectivity index (χ0v) is 10.3. The number of fused-ring (bicyclic) bond motifs is 1. The molecule has 0 spiro atoms. The summed E-state index contributed by atoms with van der Waals surface area (Å²) in [5.74, 6) is 0. The minimum atomic E-state index is 0.923. The molecule has 0 saturated carbocycles.